The Morgan fingerprint density at radius 2 is 0.597 bits per heavy atom. The molecule has 14 aromatic rings. The van der Waals surface area contributed by atoms with Gasteiger partial charge in [0.15, 0.2) is 0 Å². The molecule has 0 amide bonds. The van der Waals surface area contributed by atoms with Gasteiger partial charge in [-0.1, -0.05) is 182 Å². The van der Waals surface area contributed by atoms with Crippen molar-refractivity contribution in [3.63, 3.8) is 0 Å². The molecule has 0 radical (unpaired) electrons. The maximum absolute atomic E-state index is 5.47. The van der Waals surface area contributed by atoms with Crippen molar-refractivity contribution >= 4 is 86.7 Å². The zero-order chi connectivity index (χ0) is 40.5. The van der Waals surface area contributed by atoms with E-state index in [-0.39, 0.29) is 0 Å². The van der Waals surface area contributed by atoms with E-state index in [1.165, 1.54) is 64.6 Å². The SMILES string of the molecule is c1ccc(-c2nc3c4cccc5ccc6cccc(c6c54)c3n2-c2ccc(-c3ccc(-n4c(-c5ccccc5)nc5c6cccc7ccc8cccc(c8c76)c54)cc3)cc2)cc1. The molecule has 0 saturated heterocycles. The topological polar surface area (TPSA) is 35.6 Å². The van der Waals surface area contributed by atoms with Gasteiger partial charge in [0, 0.05) is 44.0 Å². The Bertz CT molecular complexity index is 3780. The molecule has 0 spiro atoms. The van der Waals surface area contributed by atoms with E-state index in [2.05, 4.69) is 215 Å². The van der Waals surface area contributed by atoms with Crippen LogP contribution in [0.4, 0.5) is 0 Å². The van der Waals surface area contributed by atoms with Gasteiger partial charge in [0.05, 0.1) is 22.1 Å². The fraction of sp³-hybridized carbons (Fsp3) is 0. The van der Waals surface area contributed by atoms with Crippen LogP contribution in [-0.2, 0) is 0 Å². The molecule has 12 aromatic carbocycles. The number of fused-ring (bicyclic) bond motifs is 6. The van der Waals surface area contributed by atoms with E-state index < -0.39 is 0 Å². The van der Waals surface area contributed by atoms with Gasteiger partial charge in [-0.25, -0.2) is 9.97 Å². The quantitative estimate of drug-likeness (QED) is 0.163. The zero-order valence-electron chi connectivity index (χ0n) is 33.4. The number of aromatic nitrogens is 4. The minimum Gasteiger partial charge on any atom is -0.292 e. The minimum absolute atomic E-state index is 0.932. The third kappa shape index (κ3) is 4.61. The molecular formula is C58H34N4. The van der Waals surface area contributed by atoms with Crippen molar-refractivity contribution in [2.75, 3.05) is 0 Å². The van der Waals surface area contributed by atoms with Gasteiger partial charge < -0.3 is 0 Å². The lowest BCUT2D eigenvalue weighted by Crippen LogP contribution is -1.99. The molecule has 0 aliphatic carbocycles. The molecule has 14 rings (SSSR count). The molecule has 0 bridgehead atoms. The van der Waals surface area contributed by atoms with Crippen molar-refractivity contribution in [2.24, 2.45) is 0 Å². The van der Waals surface area contributed by atoms with Crippen LogP contribution in [0.5, 0.6) is 0 Å². The molecule has 0 fully saturated rings. The van der Waals surface area contributed by atoms with Crippen LogP contribution in [-0.4, -0.2) is 19.1 Å². The fourth-order valence-electron chi connectivity index (χ4n) is 10.5. The van der Waals surface area contributed by atoms with Crippen LogP contribution in [0.1, 0.15) is 0 Å². The van der Waals surface area contributed by atoms with E-state index in [0.717, 1.165) is 67.3 Å². The van der Waals surface area contributed by atoms with Crippen molar-refractivity contribution < 1.29 is 0 Å². The summed E-state index contributed by atoms with van der Waals surface area (Å²) in [5, 5.41) is 14.9. The Morgan fingerprint density at radius 1 is 0.258 bits per heavy atom. The summed E-state index contributed by atoms with van der Waals surface area (Å²) in [7, 11) is 0. The van der Waals surface area contributed by atoms with Crippen LogP contribution in [0.15, 0.2) is 206 Å². The lowest BCUT2D eigenvalue weighted by atomic mass is 9.93. The van der Waals surface area contributed by atoms with E-state index in [1.54, 1.807) is 0 Å². The van der Waals surface area contributed by atoms with Crippen molar-refractivity contribution in [3.8, 4) is 45.3 Å². The molecule has 0 atom stereocenters. The predicted molar refractivity (Wildman–Crippen MR) is 259 cm³/mol. The second-order valence-electron chi connectivity index (χ2n) is 16.5. The highest BCUT2D eigenvalue weighted by Crippen LogP contribution is 2.45. The Balaban J connectivity index is 0.940. The molecule has 0 aliphatic rings. The standard InChI is InChI=1S/C58H34N4/c1-3-11-41(12-4-1)57-59-53-45-19-7-15-37-23-25-39-17-9-21-47(51(39)49(37)45)55(53)61(57)43-31-27-35(28-32-43)36-29-33-44(34-30-36)62-56-48-22-10-18-40-26-24-38-16-8-20-46(50(38)52(40)48)54(56)60-58(62)42-13-5-2-6-14-42/h1-34H. The molecule has 286 valence electrons. The Labute approximate surface area is 355 Å². The van der Waals surface area contributed by atoms with Gasteiger partial charge in [0.25, 0.3) is 0 Å². The molecule has 4 nitrogen and oxygen atoms in total. The van der Waals surface area contributed by atoms with E-state index in [4.69, 9.17) is 9.97 Å². The number of hydrogen-bond donors (Lipinski definition) is 0. The lowest BCUT2D eigenvalue weighted by molar-refractivity contribution is 1.10. The zero-order valence-corrected chi connectivity index (χ0v) is 33.4. The number of hydrogen-bond acceptors (Lipinski definition) is 2. The van der Waals surface area contributed by atoms with Crippen LogP contribution in [0, 0.1) is 0 Å². The van der Waals surface area contributed by atoms with Gasteiger partial charge in [-0.2, -0.15) is 0 Å². The molecule has 0 unspecified atom stereocenters. The number of imidazole rings is 2. The van der Waals surface area contributed by atoms with Crippen molar-refractivity contribution in [1.29, 1.82) is 0 Å². The molecule has 62 heavy (non-hydrogen) atoms. The Morgan fingerprint density at radius 3 is 0.968 bits per heavy atom. The van der Waals surface area contributed by atoms with Crippen molar-refractivity contribution in [2.45, 2.75) is 0 Å². The maximum atomic E-state index is 5.47. The number of nitrogens with zero attached hydrogens (tertiary/aromatic N) is 4. The second-order valence-corrected chi connectivity index (χ2v) is 16.5. The largest absolute Gasteiger partial charge is 0.292 e. The molecule has 2 heterocycles. The summed E-state index contributed by atoms with van der Waals surface area (Å²) in [6.07, 6.45) is 0. The molecule has 0 saturated carbocycles. The van der Waals surface area contributed by atoms with Gasteiger partial charge in [0.1, 0.15) is 11.6 Å². The average Bonchev–Trinajstić information content (AvgIpc) is 3.95. The normalized spacial score (nSPS) is 12.2. The average molecular weight is 787 g/mol. The molecule has 0 N–H and O–H groups in total. The van der Waals surface area contributed by atoms with Crippen LogP contribution in [0.2, 0.25) is 0 Å². The van der Waals surface area contributed by atoms with Crippen LogP contribution in [0.3, 0.4) is 0 Å². The summed E-state index contributed by atoms with van der Waals surface area (Å²) in [6, 6.07) is 74.7. The lowest BCUT2D eigenvalue weighted by Gasteiger charge is -2.16. The first-order chi connectivity index (χ1) is 30.8. The summed E-state index contributed by atoms with van der Waals surface area (Å²) in [4.78, 5) is 10.9. The summed E-state index contributed by atoms with van der Waals surface area (Å²) in [5.74, 6) is 1.86. The van der Waals surface area contributed by atoms with Crippen LogP contribution < -0.4 is 0 Å². The predicted octanol–water partition coefficient (Wildman–Crippen LogP) is 15.2. The molecule has 2 aromatic heterocycles. The van der Waals surface area contributed by atoms with Gasteiger partial charge in [0.2, 0.25) is 0 Å². The monoisotopic (exact) mass is 786 g/mol. The first kappa shape index (κ1) is 33.5. The number of benzene rings is 12. The van der Waals surface area contributed by atoms with Crippen molar-refractivity contribution in [1.82, 2.24) is 19.1 Å². The van der Waals surface area contributed by atoms with Gasteiger partial charge in [-0.3, -0.25) is 9.13 Å². The van der Waals surface area contributed by atoms with E-state index in [0.29, 0.717) is 0 Å². The molecule has 0 aliphatic heterocycles. The van der Waals surface area contributed by atoms with E-state index in [9.17, 15) is 0 Å². The first-order valence-corrected chi connectivity index (χ1v) is 21.2. The van der Waals surface area contributed by atoms with Crippen LogP contribution in [0.25, 0.3) is 132 Å². The molecular weight excluding hydrogens is 753 g/mol. The van der Waals surface area contributed by atoms with Gasteiger partial charge >= 0.3 is 0 Å². The minimum atomic E-state index is 0.932. The second kappa shape index (κ2) is 12.6. The highest BCUT2D eigenvalue weighted by molar-refractivity contribution is 6.34. The molecule has 4 heteroatoms. The Hall–Kier alpha value is -8.34. The smallest absolute Gasteiger partial charge is 0.145 e. The third-order valence-corrected chi connectivity index (χ3v) is 13.2. The van der Waals surface area contributed by atoms with Crippen molar-refractivity contribution in [3.05, 3.63) is 206 Å². The highest BCUT2D eigenvalue weighted by atomic mass is 15.1. The highest BCUT2D eigenvalue weighted by Gasteiger charge is 2.24. The van der Waals surface area contributed by atoms with Crippen LogP contribution >= 0.6 is 0 Å². The van der Waals surface area contributed by atoms with E-state index >= 15 is 0 Å². The Kier molecular flexibility index (Phi) is 6.80. The summed E-state index contributed by atoms with van der Waals surface area (Å²) >= 11 is 0. The summed E-state index contributed by atoms with van der Waals surface area (Å²) in [6.45, 7) is 0. The van der Waals surface area contributed by atoms with E-state index in [1.807, 2.05) is 0 Å². The fourth-order valence-corrected chi connectivity index (χ4v) is 10.5. The van der Waals surface area contributed by atoms with Gasteiger partial charge in [-0.15, -0.1) is 0 Å². The maximum Gasteiger partial charge on any atom is 0.145 e. The third-order valence-electron chi connectivity index (χ3n) is 13.2. The summed E-state index contributed by atoms with van der Waals surface area (Å²) < 4.78 is 4.74. The summed E-state index contributed by atoms with van der Waals surface area (Å²) in [5.41, 5.74) is 10.9. The number of rotatable bonds is 5. The first-order valence-electron chi connectivity index (χ1n) is 21.2. The van der Waals surface area contributed by atoms with Gasteiger partial charge in [-0.05, 0) is 78.5 Å².